The number of carbonyl (C=O) groups excluding carboxylic acids is 1. The third-order valence-corrected chi connectivity index (χ3v) is 3.90. The van der Waals surface area contributed by atoms with Gasteiger partial charge >= 0.3 is 0 Å². The fourth-order valence-electron chi connectivity index (χ4n) is 2.94. The van der Waals surface area contributed by atoms with Gasteiger partial charge < -0.3 is 9.64 Å². The van der Waals surface area contributed by atoms with Gasteiger partial charge in [0.2, 0.25) is 5.91 Å². The summed E-state index contributed by atoms with van der Waals surface area (Å²) < 4.78 is 5.16. The molecule has 0 aromatic carbocycles. The predicted octanol–water partition coefficient (Wildman–Crippen LogP) is 2.63. The van der Waals surface area contributed by atoms with Gasteiger partial charge in [0, 0.05) is 19.8 Å². The van der Waals surface area contributed by atoms with E-state index in [0.29, 0.717) is 18.4 Å². The lowest BCUT2D eigenvalue weighted by Crippen LogP contribution is -2.44. The average molecular weight is 284 g/mol. The van der Waals surface area contributed by atoms with Gasteiger partial charge in [-0.1, -0.05) is 27.7 Å². The van der Waals surface area contributed by atoms with Crippen LogP contribution in [0.4, 0.5) is 0 Å². The maximum atomic E-state index is 12.7. The first-order valence-corrected chi connectivity index (χ1v) is 7.94. The Morgan fingerprint density at radius 1 is 1.15 bits per heavy atom. The Morgan fingerprint density at radius 2 is 1.75 bits per heavy atom. The van der Waals surface area contributed by atoms with E-state index < -0.39 is 0 Å². The van der Waals surface area contributed by atoms with Crippen LogP contribution in [0.3, 0.4) is 0 Å². The zero-order valence-electron chi connectivity index (χ0n) is 14.0. The second kappa shape index (κ2) is 7.99. The van der Waals surface area contributed by atoms with E-state index in [0.717, 1.165) is 19.3 Å². The van der Waals surface area contributed by atoms with Crippen molar-refractivity contribution < 1.29 is 9.53 Å². The molecule has 3 atom stereocenters. The molecule has 1 fully saturated rings. The summed E-state index contributed by atoms with van der Waals surface area (Å²) in [7, 11) is 1.71. The number of hydrogen-bond donors (Lipinski definition) is 1. The summed E-state index contributed by atoms with van der Waals surface area (Å²) >= 11 is 0. The largest absolute Gasteiger partial charge is 0.385 e. The summed E-state index contributed by atoms with van der Waals surface area (Å²) in [6, 6.07) is 0.222. The van der Waals surface area contributed by atoms with Gasteiger partial charge in [-0.15, -0.1) is 0 Å². The molecule has 0 saturated carbocycles. The molecular formula is C16H32N2O2. The lowest BCUT2D eigenvalue weighted by molar-refractivity contribution is -0.132. The molecule has 1 amide bonds. The summed E-state index contributed by atoms with van der Waals surface area (Å²) in [5.41, 5.74) is 0. The monoisotopic (exact) mass is 284 g/mol. The standard InChI is InChI=1S/C16H32N2O2/c1-11(2)9-14-16(19)18(13(5)7-8-20-6)15(17-14)10-12(3)4/h11-15,17H,7-10H2,1-6H3. The first-order valence-electron chi connectivity index (χ1n) is 7.94. The van der Waals surface area contributed by atoms with Crippen molar-refractivity contribution in [2.24, 2.45) is 11.8 Å². The zero-order valence-corrected chi connectivity index (χ0v) is 14.0. The van der Waals surface area contributed by atoms with Crippen LogP contribution >= 0.6 is 0 Å². The highest BCUT2D eigenvalue weighted by molar-refractivity contribution is 5.84. The Bertz CT molecular complexity index is 305. The van der Waals surface area contributed by atoms with Crippen LogP contribution in [0.2, 0.25) is 0 Å². The number of nitrogens with one attached hydrogen (secondary N) is 1. The minimum Gasteiger partial charge on any atom is -0.385 e. The van der Waals surface area contributed by atoms with E-state index in [4.69, 9.17) is 4.74 Å². The maximum Gasteiger partial charge on any atom is 0.241 e. The minimum atomic E-state index is -0.0104. The van der Waals surface area contributed by atoms with Crippen LogP contribution in [0, 0.1) is 11.8 Å². The number of ether oxygens (including phenoxy) is 1. The van der Waals surface area contributed by atoms with Crippen molar-refractivity contribution >= 4 is 5.91 Å². The summed E-state index contributed by atoms with van der Waals surface area (Å²) in [6.07, 6.45) is 3.00. The number of hydrogen-bond acceptors (Lipinski definition) is 3. The number of methoxy groups -OCH3 is 1. The molecular weight excluding hydrogens is 252 g/mol. The van der Waals surface area contributed by atoms with E-state index in [-0.39, 0.29) is 24.2 Å². The van der Waals surface area contributed by atoms with Crippen LogP contribution in [0.15, 0.2) is 0 Å². The topological polar surface area (TPSA) is 41.6 Å². The molecule has 0 aliphatic carbocycles. The van der Waals surface area contributed by atoms with Gasteiger partial charge in [-0.05, 0) is 38.0 Å². The van der Waals surface area contributed by atoms with Crippen LogP contribution in [0.5, 0.6) is 0 Å². The van der Waals surface area contributed by atoms with E-state index in [2.05, 4.69) is 44.8 Å². The normalized spacial score (nSPS) is 25.0. The van der Waals surface area contributed by atoms with Crippen molar-refractivity contribution in [2.45, 2.75) is 72.1 Å². The molecule has 0 spiro atoms. The molecule has 4 nitrogen and oxygen atoms in total. The fraction of sp³-hybridized carbons (Fsp3) is 0.938. The van der Waals surface area contributed by atoms with Gasteiger partial charge in [0.05, 0.1) is 12.2 Å². The molecule has 3 unspecified atom stereocenters. The molecule has 1 heterocycles. The van der Waals surface area contributed by atoms with Gasteiger partial charge in [0.1, 0.15) is 0 Å². The molecule has 0 aromatic rings. The van der Waals surface area contributed by atoms with Crippen molar-refractivity contribution in [3.05, 3.63) is 0 Å². The Balaban J connectivity index is 2.76. The van der Waals surface area contributed by atoms with Gasteiger partial charge in [0.15, 0.2) is 0 Å². The second-order valence-corrected chi connectivity index (χ2v) is 6.87. The van der Waals surface area contributed by atoms with Crippen molar-refractivity contribution in [1.29, 1.82) is 0 Å². The third kappa shape index (κ3) is 4.74. The molecule has 20 heavy (non-hydrogen) atoms. The summed E-state index contributed by atoms with van der Waals surface area (Å²) in [4.78, 5) is 14.7. The first-order chi connectivity index (χ1) is 9.36. The molecule has 0 bridgehead atoms. The van der Waals surface area contributed by atoms with E-state index in [1.54, 1.807) is 7.11 Å². The Labute approximate surface area is 124 Å². The Hall–Kier alpha value is -0.610. The molecule has 0 aromatic heterocycles. The quantitative estimate of drug-likeness (QED) is 0.745. The van der Waals surface area contributed by atoms with Crippen molar-refractivity contribution in [1.82, 2.24) is 10.2 Å². The first kappa shape index (κ1) is 17.4. The molecule has 1 aliphatic heterocycles. The average Bonchev–Trinajstić information content (AvgIpc) is 2.61. The zero-order chi connectivity index (χ0) is 15.3. The second-order valence-electron chi connectivity index (χ2n) is 6.87. The van der Waals surface area contributed by atoms with E-state index >= 15 is 0 Å². The van der Waals surface area contributed by atoms with Crippen LogP contribution in [-0.4, -0.2) is 42.8 Å². The molecule has 4 heteroatoms. The van der Waals surface area contributed by atoms with Gasteiger partial charge in [-0.25, -0.2) is 0 Å². The summed E-state index contributed by atoms with van der Waals surface area (Å²) in [5.74, 6) is 1.38. The van der Waals surface area contributed by atoms with Crippen LogP contribution in [-0.2, 0) is 9.53 Å². The van der Waals surface area contributed by atoms with Crippen LogP contribution in [0.1, 0.15) is 53.9 Å². The number of rotatable bonds is 8. The van der Waals surface area contributed by atoms with Crippen molar-refractivity contribution in [3.8, 4) is 0 Å². The fourth-order valence-corrected chi connectivity index (χ4v) is 2.94. The lowest BCUT2D eigenvalue weighted by Gasteiger charge is -2.31. The van der Waals surface area contributed by atoms with E-state index in [1.165, 1.54) is 0 Å². The molecule has 1 N–H and O–H groups in total. The maximum absolute atomic E-state index is 12.7. The molecule has 1 saturated heterocycles. The molecule has 1 aliphatic rings. The summed E-state index contributed by atoms with van der Waals surface area (Å²) in [6.45, 7) is 11.6. The lowest BCUT2D eigenvalue weighted by atomic mass is 10.0. The van der Waals surface area contributed by atoms with Gasteiger partial charge in [0.25, 0.3) is 0 Å². The van der Waals surface area contributed by atoms with E-state index in [9.17, 15) is 4.79 Å². The number of carbonyl (C=O) groups is 1. The van der Waals surface area contributed by atoms with Gasteiger partial charge in [-0.2, -0.15) is 0 Å². The molecule has 1 rings (SSSR count). The van der Waals surface area contributed by atoms with Crippen LogP contribution < -0.4 is 5.32 Å². The number of amides is 1. The Kier molecular flexibility index (Phi) is 6.96. The predicted molar refractivity (Wildman–Crippen MR) is 82.4 cm³/mol. The minimum absolute atomic E-state index is 0.0104. The molecule has 118 valence electrons. The SMILES string of the molecule is COCCC(C)N1C(=O)C(CC(C)C)NC1CC(C)C. The van der Waals surface area contributed by atoms with Gasteiger partial charge in [-0.3, -0.25) is 10.1 Å². The highest BCUT2D eigenvalue weighted by Crippen LogP contribution is 2.24. The van der Waals surface area contributed by atoms with E-state index in [1.807, 2.05) is 0 Å². The van der Waals surface area contributed by atoms with Crippen molar-refractivity contribution in [3.63, 3.8) is 0 Å². The van der Waals surface area contributed by atoms with Crippen LogP contribution in [0.25, 0.3) is 0 Å². The smallest absolute Gasteiger partial charge is 0.241 e. The third-order valence-electron chi connectivity index (χ3n) is 3.90. The highest BCUT2D eigenvalue weighted by atomic mass is 16.5. The number of nitrogens with zero attached hydrogens (tertiary/aromatic N) is 1. The van der Waals surface area contributed by atoms with Crippen molar-refractivity contribution in [2.75, 3.05) is 13.7 Å². The molecule has 0 radical (unpaired) electrons. The highest BCUT2D eigenvalue weighted by Gasteiger charge is 2.41. The summed E-state index contributed by atoms with van der Waals surface area (Å²) in [5, 5.41) is 3.55. The Morgan fingerprint density at radius 3 is 2.25 bits per heavy atom.